The number of hydrogen-bond donors (Lipinski definition) is 0. The van der Waals surface area contributed by atoms with Crippen LogP contribution in [0.4, 0.5) is 5.69 Å². The molecule has 2 rings (SSSR count). The number of halogens is 1. The van der Waals surface area contributed by atoms with Crippen molar-refractivity contribution >= 4 is 21.6 Å². The van der Waals surface area contributed by atoms with E-state index in [1.807, 2.05) is 6.07 Å². The molecule has 0 aromatic heterocycles. The van der Waals surface area contributed by atoms with Crippen molar-refractivity contribution in [1.29, 1.82) is 0 Å². The van der Waals surface area contributed by atoms with Gasteiger partial charge in [0.1, 0.15) is 0 Å². The largest absolute Gasteiger partial charge is 0.299 e. The van der Waals surface area contributed by atoms with Crippen LogP contribution in [0, 0.1) is 16.0 Å². The highest BCUT2D eigenvalue weighted by Crippen LogP contribution is 2.30. The Morgan fingerprint density at radius 2 is 2.11 bits per heavy atom. The van der Waals surface area contributed by atoms with E-state index in [4.69, 9.17) is 0 Å². The molecule has 1 aliphatic heterocycles. The maximum absolute atomic E-state index is 10.9. The summed E-state index contributed by atoms with van der Waals surface area (Å²) in [6.07, 6.45) is 3.74. The molecule has 1 aliphatic rings. The fourth-order valence-electron chi connectivity index (χ4n) is 2.62. The minimum Gasteiger partial charge on any atom is -0.299 e. The molecule has 104 valence electrons. The van der Waals surface area contributed by atoms with Crippen LogP contribution in [0.15, 0.2) is 22.7 Å². The summed E-state index contributed by atoms with van der Waals surface area (Å²) < 4.78 is 0.623. The highest BCUT2D eigenvalue weighted by molar-refractivity contribution is 9.10. The standard InChI is InChI=1S/C14H19BrN2O2/c1-2-11-6-8-16(9-7-11)10-12-4-3-5-13(14(12)15)17(18)19/h3-5,11H,2,6-10H2,1H3. The van der Waals surface area contributed by atoms with Gasteiger partial charge in [-0.25, -0.2) is 0 Å². The van der Waals surface area contributed by atoms with Gasteiger partial charge < -0.3 is 0 Å². The molecule has 0 aliphatic carbocycles. The minimum absolute atomic E-state index is 0.154. The van der Waals surface area contributed by atoms with E-state index in [1.54, 1.807) is 6.07 Å². The lowest BCUT2D eigenvalue weighted by Gasteiger charge is -2.31. The third kappa shape index (κ3) is 3.54. The molecular weight excluding hydrogens is 308 g/mol. The second kappa shape index (κ2) is 6.48. The molecule has 0 N–H and O–H groups in total. The van der Waals surface area contributed by atoms with Gasteiger partial charge in [0.05, 0.1) is 9.40 Å². The zero-order valence-electron chi connectivity index (χ0n) is 11.1. The van der Waals surface area contributed by atoms with Crippen molar-refractivity contribution in [3.05, 3.63) is 38.3 Å². The molecule has 0 bridgehead atoms. The van der Waals surface area contributed by atoms with Crippen molar-refractivity contribution in [3.8, 4) is 0 Å². The van der Waals surface area contributed by atoms with Gasteiger partial charge in [-0.05, 0) is 53.3 Å². The van der Waals surface area contributed by atoms with Gasteiger partial charge in [0.2, 0.25) is 0 Å². The van der Waals surface area contributed by atoms with Crippen LogP contribution in [-0.2, 0) is 6.54 Å². The lowest BCUT2D eigenvalue weighted by Crippen LogP contribution is -2.33. The summed E-state index contributed by atoms with van der Waals surface area (Å²) in [6.45, 7) is 5.22. The molecular formula is C14H19BrN2O2. The number of benzene rings is 1. The number of rotatable bonds is 4. The molecule has 5 heteroatoms. The van der Waals surface area contributed by atoms with Gasteiger partial charge in [0.25, 0.3) is 5.69 Å². The van der Waals surface area contributed by atoms with E-state index in [-0.39, 0.29) is 10.6 Å². The van der Waals surface area contributed by atoms with E-state index in [0.29, 0.717) is 4.47 Å². The molecule has 0 spiro atoms. The molecule has 1 aromatic rings. The number of likely N-dealkylation sites (tertiary alicyclic amines) is 1. The van der Waals surface area contributed by atoms with Crippen LogP contribution in [0.1, 0.15) is 31.7 Å². The van der Waals surface area contributed by atoms with Crippen LogP contribution in [-0.4, -0.2) is 22.9 Å². The molecule has 1 saturated heterocycles. The normalized spacial score (nSPS) is 17.6. The summed E-state index contributed by atoms with van der Waals surface area (Å²) in [4.78, 5) is 13.0. The van der Waals surface area contributed by atoms with E-state index in [9.17, 15) is 10.1 Å². The summed E-state index contributed by atoms with van der Waals surface area (Å²) in [5, 5.41) is 10.9. The molecule has 0 amide bonds. The molecule has 4 nitrogen and oxygen atoms in total. The smallest absolute Gasteiger partial charge is 0.283 e. The van der Waals surface area contributed by atoms with Gasteiger partial charge in [-0.1, -0.05) is 25.5 Å². The van der Waals surface area contributed by atoms with Crippen LogP contribution in [0.2, 0.25) is 0 Å². The Bertz CT molecular complexity index is 457. The van der Waals surface area contributed by atoms with Gasteiger partial charge in [-0.3, -0.25) is 15.0 Å². The lowest BCUT2D eigenvalue weighted by molar-refractivity contribution is -0.385. The molecule has 1 heterocycles. The van der Waals surface area contributed by atoms with E-state index >= 15 is 0 Å². The lowest BCUT2D eigenvalue weighted by atomic mass is 9.94. The van der Waals surface area contributed by atoms with Gasteiger partial charge in [0.15, 0.2) is 0 Å². The van der Waals surface area contributed by atoms with Crippen LogP contribution >= 0.6 is 15.9 Å². The molecule has 19 heavy (non-hydrogen) atoms. The summed E-state index contributed by atoms with van der Waals surface area (Å²) in [5.74, 6) is 0.852. The summed E-state index contributed by atoms with van der Waals surface area (Å²) in [5.41, 5.74) is 1.16. The van der Waals surface area contributed by atoms with Crippen molar-refractivity contribution in [1.82, 2.24) is 4.90 Å². The summed E-state index contributed by atoms with van der Waals surface area (Å²) in [6, 6.07) is 5.26. The number of hydrogen-bond acceptors (Lipinski definition) is 3. The maximum Gasteiger partial charge on any atom is 0.283 e. The van der Waals surface area contributed by atoms with Crippen LogP contribution in [0.5, 0.6) is 0 Å². The third-order valence-corrected chi connectivity index (χ3v) is 4.85. The number of nitrogens with zero attached hydrogens (tertiary/aromatic N) is 2. The molecule has 0 atom stereocenters. The average molecular weight is 327 g/mol. The van der Waals surface area contributed by atoms with Crippen LogP contribution in [0.3, 0.4) is 0 Å². The maximum atomic E-state index is 10.9. The fourth-order valence-corrected chi connectivity index (χ4v) is 3.16. The number of nitro groups is 1. The topological polar surface area (TPSA) is 46.4 Å². The number of nitro benzene ring substituents is 1. The molecule has 0 unspecified atom stereocenters. The SMILES string of the molecule is CCC1CCN(Cc2cccc([N+](=O)[O-])c2Br)CC1. The quantitative estimate of drug-likeness (QED) is 0.621. The predicted molar refractivity (Wildman–Crippen MR) is 79.1 cm³/mol. The van der Waals surface area contributed by atoms with Crippen molar-refractivity contribution in [2.24, 2.45) is 5.92 Å². The first-order valence-corrected chi connectivity index (χ1v) is 7.55. The fraction of sp³-hybridized carbons (Fsp3) is 0.571. The molecule has 0 saturated carbocycles. The Labute approximate surface area is 122 Å². The highest BCUT2D eigenvalue weighted by Gasteiger charge is 2.20. The van der Waals surface area contributed by atoms with Crippen molar-refractivity contribution in [3.63, 3.8) is 0 Å². The first-order valence-electron chi connectivity index (χ1n) is 6.76. The Hall–Kier alpha value is -0.940. The predicted octanol–water partition coefficient (Wildman–Crippen LogP) is 3.98. The Balaban J connectivity index is 2.04. The first-order chi connectivity index (χ1) is 9.11. The van der Waals surface area contributed by atoms with Crippen LogP contribution in [0.25, 0.3) is 0 Å². The van der Waals surface area contributed by atoms with E-state index in [2.05, 4.69) is 27.8 Å². The molecule has 1 fully saturated rings. The molecule has 0 radical (unpaired) electrons. The van der Waals surface area contributed by atoms with Crippen molar-refractivity contribution in [2.45, 2.75) is 32.7 Å². The highest BCUT2D eigenvalue weighted by atomic mass is 79.9. The number of piperidine rings is 1. The first kappa shape index (κ1) is 14.5. The second-order valence-corrected chi connectivity index (χ2v) is 5.93. The van der Waals surface area contributed by atoms with Crippen LogP contribution < -0.4 is 0 Å². The zero-order chi connectivity index (χ0) is 13.8. The zero-order valence-corrected chi connectivity index (χ0v) is 12.7. The van der Waals surface area contributed by atoms with E-state index < -0.39 is 0 Å². The monoisotopic (exact) mass is 326 g/mol. The van der Waals surface area contributed by atoms with Crippen molar-refractivity contribution < 1.29 is 4.92 Å². The van der Waals surface area contributed by atoms with Gasteiger partial charge in [-0.2, -0.15) is 0 Å². The average Bonchev–Trinajstić information content (AvgIpc) is 2.41. The summed E-state index contributed by atoms with van der Waals surface area (Å²) >= 11 is 3.37. The van der Waals surface area contributed by atoms with Gasteiger partial charge >= 0.3 is 0 Å². The van der Waals surface area contributed by atoms with Gasteiger partial charge in [0, 0.05) is 12.6 Å². The van der Waals surface area contributed by atoms with E-state index in [1.165, 1.54) is 25.3 Å². The van der Waals surface area contributed by atoms with E-state index in [0.717, 1.165) is 31.1 Å². The molecule has 1 aromatic carbocycles. The Morgan fingerprint density at radius 1 is 1.42 bits per heavy atom. The Kier molecular flexibility index (Phi) is 4.93. The third-order valence-electron chi connectivity index (χ3n) is 3.93. The Morgan fingerprint density at radius 3 is 2.68 bits per heavy atom. The second-order valence-electron chi connectivity index (χ2n) is 5.14. The van der Waals surface area contributed by atoms with Crippen molar-refractivity contribution in [2.75, 3.05) is 13.1 Å². The van der Waals surface area contributed by atoms with Gasteiger partial charge in [-0.15, -0.1) is 0 Å². The minimum atomic E-state index is -0.336. The summed E-state index contributed by atoms with van der Waals surface area (Å²) in [7, 11) is 0.